The highest BCUT2D eigenvalue weighted by Gasteiger charge is 2.27. The zero-order chi connectivity index (χ0) is 19.6. The first-order valence-corrected chi connectivity index (χ1v) is 10.5. The molecule has 0 aromatic carbocycles. The van der Waals surface area contributed by atoms with Gasteiger partial charge in [-0.1, -0.05) is 33.1 Å². The summed E-state index contributed by atoms with van der Waals surface area (Å²) in [6.07, 6.45) is 7.83. The van der Waals surface area contributed by atoms with Crippen molar-refractivity contribution in [1.82, 2.24) is 20.9 Å². The minimum absolute atomic E-state index is 0.0402. The van der Waals surface area contributed by atoms with Crippen LogP contribution >= 0.6 is 0 Å². The Bertz CT molecular complexity index is 515. The van der Waals surface area contributed by atoms with Crippen LogP contribution in [-0.4, -0.2) is 61.9 Å². The Morgan fingerprint density at radius 3 is 2.44 bits per heavy atom. The van der Waals surface area contributed by atoms with Gasteiger partial charge in [-0.25, -0.2) is 0 Å². The van der Waals surface area contributed by atoms with E-state index >= 15 is 0 Å². The van der Waals surface area contributed by atoms with Gasteiger partial charge in [0.15, 0.2) is 5.96 Å². The molecule has 1 saturated heterocycles. The zero-order valence-corrected chi connectivity index (χ0v) is 17.2. The fraction of sp³-hybridized carbons (Fsp3) is 0.850. The molecule has 0 aromatic heterocycles. The summed E-state index contributed by atoms with van der Waals surface area (Å²) in [5, 5.41) is 9.62. The third-order valence-electron chi connectivity index (χ3n) is 5.50. The fourth-order valence-electron chi connectivity index (χ4n) is 3.94. The molecule has 2 rings (SSSR count). The molecular formula is C20H37N5O2. The second-order valence-electron chi connectivity index (χ2n) is 8.13. The molecule has 0 radical (unpaired) electrons. The lowest BCUT2D eigenvalue weighted by Gasteiger charge is -2.21. The number of nitrogens with zero attached hydrogens (tertiary/aromatic N) is 2. The molecule has 2 aliphatic rings. The predicted molar refractivity (Wildman–Crippen MR) is 109 cm³/mol. The van der Waals surface area contributed by atoms with E-state index in [4.69, 9.17) is 0 Å². The summed E-state index contributed by atoms with van der Waals surface area (Å²) in [7, 11) is 1.74. The van der Waals surface area contributed by atoms with Crippen molar-refractivity contribution in [3.63, 3.8) is 0 Å². The third kappa shape index (κ3) is 7.39. The quantitative estimate of drug-likeness (QED) is 0.355. The van der Waals surface area contributed by atoms with E-state index in [0.29, 0.717) is 25.4 Å². The topological polar surface area (TPSA) is 85.8 Å². The maximum Gasteiger partial charge on any atom is 0.225 e. The monoisotopic (exact) mass is 379 g/mol. The molecule has 1 aliphatic carbocycles. The first kappa shape index (κ1) is 21.5. The van der Waals surface area contributed by atoms with Crippen molar-refractivity contribution >= 4 is 17.8 Å². The summed E-state index contributed by atoms with van der Waals surface area (Å²) >= 11 is 0. The first-order chi connectivity index (χ1) is 13.0. The Hall–Kier alpha value is -1.79. The van der Waals surface area contributed by atoms with Gasteiger partial charge in [0.25, 0.3) is 0 Å². The van der Waals surface area contributed by atoms with Gasteiger partial charge in [0.2, 0.25) is 11.8 Å². The van der Waals surface area contributed by atoms with E-state index in [1.165, 1.54) is 32.1 Å². The average molecular weight is 380 g/mol. The summed E-state index contributed by atoms with van der Waals surface area (Å²) in [6.45, 7) is 6.61. The summed E-state index contributed by atoms with van der Waals surface area (Å²) in [6, 6.07) is 0.222. The van der Waals surface area contributed by atoms with Gasteiger partial charge in [0.05, 0.1) is 0 Å². The van der Waals surface area contributed by atoms with Gasteiger partial charge in [0, 0.05) is 51.6 Å². The molecule has 7 heteroatoms. The number of rotatable bonds is 7. The van der Waals surface area contributed by atoms with Crippen molar-refractivity contribution in [1.29, 1.82) is 0 Å². The lowest BCUT2D eigenvalue weighted by atomic mass is 9.87. The molecule has 27 heavy (non-hydrogen) atoms. The van der Waals surface area contributed by atoms with E-state index in [2.05, 4.69) is 20.9 Å². The second kappa shape index (κ2) is 11.1. The molecule has 1 aliphatic heterocycles. The number of carbonyl (C=O) groups is 2. The van der Waals surface area contributed by atoms with E-state index in [0.717, 1.165) is 25.5 Å². The number of guanidine groups is 1. The minimum Gasteiger partial charge on any atom is -0.355 e. The Kier molecular flexibility index (Phi) is 8.88. The van der Waals surface area contributed by atoms with E-state index in [9.17, 15) is 9.59 Å². The zero-order valence-electron chi connectivity index (χ0n) is 17.2. The van der Waals surface area contributed by atoms with Gasteiger partial charge in [-0.05, 0) is 25.2 Å². The third-order valence-corrected chi connectivity index (χ3v) is 5.50. The number of hydrogen-bond donors (Lipinski definition) is 3. The minimum atomic E-state index is 0.0402. The van der Waals surface area contributed by atoms with Crippen molar-refractivity contribution in [2.24, 2.45) is 16.8 Å². The Morgan fingerprint density at radius 2 is 1.78 bits per heavy atom. The largest absolute Gasteiger partial charge is 0.355 e. The molecule has 2 fully saturated rings. The van der Waals surface area contributed by atoms with Crippen LogP contribution in [0.25, 0.3) is 0 Å². The molecule has 0 bridgehead atoms. The van der Waals surface area contributed by atoms with E-state index in [1.54, 1.807) is 7.05 Å². The van der Waals surface area contributed by atoms with Gasteiger partial charge in [0.1, 0.15) is 0 Å². The number of amides is 2. The lowest BCUT2D eigenvalue weighted by molar-refractivity contribution is -0.133. The van der Waals surface area contributed by atoms with Crippen molar-refractivity contribution in [2.75, 3.05) is 33.2 Å². The number of hydrogen-bond acceptors (Lipinski definition) is 3. The summed E-state index contributed by atoms with van der Waals surface area (Å²) < 4.78 is 0. The van der Waals surface area contributed by atoms with Crippen molar-refractivity contribution in [2.45, 2.75) is 64.8 Å². The predicted octanol–water partition coefficient (Wildman–Crippen LogP) is 1.49. The van der Waals surface area contributed by atoms with Crippen LogP contribution in [0.5, 0.6) is 0 Å². The smallest absolute Gasteiger partial charge is 0.225 e. The standard InChI is InChI=1S/C20H37N5O2/c1-15(2)19(27)25-12-9-17(14-25)24-20(21-3)23-11-10-22-18(26)13-16-7-5-4-6-8-16/h15-17H,4-14H2,1-3H3,(H,22,26)(H2,21,23,24). The molecule has 1 saturated carbocycles. The number of likely N-dealkylation sites (tertiary alicyclic amines) is 1. The van der Waals surface area contributed by atoms with Gasteiger partial charge in [-0.15, -0.1) is 0 Å². The number of carbonyl (C=O) groups excluding carboxylic acids is 2. The Labute approximate surface area is 163 Å². The van der Waals surface area contributed by atoms with E-state index in [-0.39, 0.29) is 23.8 Å². The number of nitrogens with one attached hydrogen (secondary N) is 3. The number of aliphatic imine (C=N–C) groups is 1. The van der Waals surface area contributed by atoms with Gasteiger partial charge in [-0.3, -0.25) is 14.6 Å². The molecule has 0 spiro atoms. The van der Waals surface area contributed by atoms with Crippen LogP contribution in [0.4, 0.5) is 0 Å². The lowest BCUT2D eigenvalue weighted by Crippen LogP contribution is -2.47. The molecule has 3 N–H and O–H groups in total. The SMILES string of the molecule is CN=C(NCCNC(=O)CC1CCCCC1)NC1CCN(C(=O)C(C)C)C1. The molecule has 2 amide bonds. The molecule has 1 unspecified atom stereocenters. The molecule has 7 nitrogen and oxygen atoms in total. The normalized spacial score (nSPS) is 21.4. The van der Waals surface area contributed by atoms with Crippen molar-refractivity contribution in [3.05, 3.63) is 0 Å². The highest BCUT2D eigenvalue weighted by atomic mass is 16.2. The summed E-state index contributed by atoms with van der Waals surface area (Å²) in [5.41, 5.74) is 0. The van der Waals surface area contributed by atoms with Gasteiger partial charge < -0.3 is 20.9 Å². The highest BCUT2D eigenvalue weighted by molar-refractivity contribution is 5.81. The van der Waals surface area contributed by atoms with Crippen LogP contribution in [0.15, 0.2) is 4.99 Å². The first-order valence-electron chi connectivity index (χ1n) is 10.5. The Morgan fingerprint density at radius 1 is 1.07 bits per heavy atom. The molecule has 154 valence electrons. The fourth-order valence-corrected chi connectivity index (χ4v) is 3.94. The van der Waals surface area contributed by atoms with Crippen LogP contribution in [0.3, 0.4) is 0 Å². The van der Waals surface area contributed by atoms with Crippen LogP contribution in [-0.2, 0) is 9.59 Å². The van der Waals surface area contributed by atoms with Crippen LogP contribution < -0.4 is 16.0 Å². The van der Waals surface area contributed by atoms with E-state index < -0.39 is 0 Å². The van der Waals surface area contributed by atoms with Crippen LogP contribution in [0.1, 0.15) is 58.8 Å². The maximum atomic E-state index is 12.1. The average Bonchev–Trinajstić information content (AvgIpc) is 3.12. The molecule has 1 heterocycles. The molecule has 0 aromatic rings. The van der Waals surface area contributed by atoms with Crippen LogP contribution in [0.2, 0.25) is 0 Å². The highest BCUT2D eigenvalue weighted by Crippen LogP contribution is 2.25. The maximum absolute atomic E-state index is 12.1. The van der Waals surface area contributed by atoms with Crippen molar-refractivity contribution < 1.29 is 9.59 Å². The van der Waals surface area contributed by atoms with E-state index in [1.807, 2.05) is 18.7 Å². The van der Waals surface area contributed by atoms with Crippen molar-refractivity contribution in [3.8, 4) is 0 Å². The second-order valence-corrected chi connectivity index (χ2v) is 8.13. The summed E-state index contributed by atoms with van der Waals surface area (Å²) in [5.74, 6) is 1.70. The van der Waals surface area contributed by atoms with Gasteiger partial charge in [-0.2, -0.15) is 0 Å². The van der Waals surface area contributed by atoms with Gasteiger partial charge >= 0.3 is 0 Å². The Balaban J connectivity index is 1.60. The summed E-state index contributed by atoms with van der Waals surface area (Å²) in [4.78, 5) is 30.3. The molecular weight excluding hydrogens is 342 g/mol. The molecule has 1 atom stereocenters. The van der Waals surface area contributed by atoms with Crippen LogP contribution in [0, 0.1) is 11.8 Å².